The minimum atomic E-state index is 0.0976. The minimum absolute atomic E-state index is 0.0976. The SMILES string of the molecule is CN(C)C(=O)N1CCC(OCCCN)CC1. The molecule has 94 valence electrons. The lowest BCUT2D eigenvalue weighted by molar-refractivity contribution is 0.0125. The fraction of sp³-hybridized carbons (Fsp3) is 0.909. The number of rotatable bonds is 4. The fourth-order valence-electron chi connectivity index (χ4n) is 1.83. The summed E-state index contributed by atoms with van der Waals surface area (Å²) in [5.41, 5.74) is 5.40. The summed E-state index contributed by atoms with van der Waals surface area (Å²) in [5, 5.41) is 0. The number of carbonyl (C=O) groups excluding carboxylic acids is 1. The van der Waals surface area contributed by atoms with Crippen LogP contribution in [0.2, 0.25) is 0 Å². The highest BCUT2D eigenvalue weighted by Gasteiger charge is 2.23. The monoisotopic (exact) mass is 229 g/mol. The smallest absolute Gasteiger partial charge is 0.319 e. The van der Waals surface area contributed by atoms with Gasteiger partial charge in [0.1, 0.15) is 0 Å². The van der Waals surface area contributed by atoms with Crippen LogP contribution in [0.15, 0.2) is 0 Å². The van der Waals surface area contributed by atoms with E-state index in [-0.39, 0.29) is 6.03 Å². The van der Waals surface area contributed by atoms with Crippen molar-refractivity contribution < 1.29 is 9.53 Å². The zero-order valence-electron chi connectivity index (χ0n) is 10.3. The van der Waals surface area contributed by atoms with E-state index >= 15 is 0 Å². The Labute approximate surface area is 97.5 Å². The molecular formula is C11H23N3O2. The average Bonchev–Trinajstić information content (AvgIpc) is 2.29. The van der Waals surface area contributed by atoms with Crippen molar-refractivity contribution in [2.75, 3.05) is 40.3 Å². The molecule has 0 aliphatic carbocycles. The number of hydrogen-bond acceptors (Lipinski definition) is 3. The predicted octanol–water partition coefficient (Wildman–Crippen LogP) is 0.498. The first-order valence-corrected chi connectivity index (χ1v) is 5.93. The zero-order chi connectivity index (χ0) is 12.0. The molecule has 0 aromatic rings. The summed E-state index contributed by atoms with van der Waals surface area (Å²) in [4.78, 5) is 15.2. The van der Waals surface area contributed by atoms with Crippen LogP contribution in [0.3, 0.4) is 0 Å². The number of hydrogen-bond donors (Lipinski definition) is 1. The molecule has 0 unspecified atom stereocenters. The van der Waals surface area contributed by atoms with Gasteiger partial charge in [0.15, 0.2) is 0 Å². The molecule has 1 heterocycles. The first-order valence-electron chi connectivity index (χ1n) is 5.93. The lowest BCUT2D eigenvalue weighted by atomic mass is 10.1. The maximum Gasteiger partial charge on any atom is 0.319 e. The molecule has 1 saturated heterocycles. The van der Waals surface area contributed by atoms with Gasteiger partial charge in [-0.15, -0.1) is 0 Å². The second-order valence-electron chi connectivity index (χ2n) is 4.38. The van der Waals surface area contributed by atoms with Crippen LogP contribution in [0.1, 0.15) is 19.3 Å². The molecule has 1 aliphatic heterocycles. The quantitative estimate of drug-likeness (QED) is 0.714. The molecule has 2 N–H and O–H groups in total. The Morgan fingerprint density at radius 2 is 2.06 bits per heavy atom. The molecular weight excluding hydrogens is 206 g/mol. The molecule has 0 saturated carbocycles. The summed E-state index contributed by atoms with van der Waals surface area (Å²) in [6.07, 6.45) is 3.09. The van der Waals surface area contributed by atoms with Gasteiger partial charge in [0.05, 0.1) is 6.10 Å². The molecule has 0 spiro atoms. The van der Waals surface area contributed by atoms with Gasteiger partial charge < -0.3 is 20.3 Å². The van der Waals surface area contributed by atoms with Crippen molar-refractivity contribution in [1.82, 2.24) is 9.80 Å². The summed E-state index contributed by atoms with van der Waals surface area (Å²) in [5.74, 6) is 0. The van der Waals surface area contributed by atoms with E-state index in [1.54, 1.807) is 19.0 Å². The summed E-state index contributed by atoms with van der Waals surface area (Å²) >= 11 is 0. The molecule has 0 aromatic carbocycles. The predicted molar refractivity (Wildman–Crippen MR) is 63.3 cm³/mol. The molecule has 1 fully saturated rings. The second kappa shape index (κ2) is 6.70. The van der Waals surface area contributed by atoms with Crippen LogP contribution in [0.25, 0.3) is 0 Å². The van der Waals surface area contributed by atoms with E-state index in [0.29, 0.717) is 12.6 Å². The van der Waals surface area contributed by atoms with Gasteiger partial charge >= 0.3 is 6.03 Å². The Balaban J connectivity index is 2.20. The lowest BCUT2D eigenvalue weighted by Crippen LogP contribution is -2.45. The lowest BCUT2D eigenvalue weighted by Gasteiger charge is -2.33. The van der Waals surface area contributed by atoms with E-state index < -0.39 is 0 Å². The Morgan fingerprint density at radius 3 is 2.56 bits per heavy atom. The van der Waals surface area contributed by atoms with Crippen molar-refractivity contribution >= 4 is 6.03 Å². The Hall–Kier alpha value is -0.810. The Morgan fingerprint density at radius 1 is 1.44 bits per heavy atom. The average molecular weight is 229 g/mol. The van der Waals surface area contributed by atoms with Gasteiger partial charge in [-0.05, 0) is 25.8 Å². The molecule has 0 bridgehead atoms. The second-order valence-corrected chi connectivity index (χ2v) is 4.38. The maximum absolute atomic E-state index is 11.7. The van der Waals surface area contributed by atoms with Crippen molar-refractivity contribution in [2.45, 2.75) is 25.4 Å². The molecule has 1 rings (SSSR count). The van der Waals surface area contributed by atoms with Crippen LogP contribution in [-0.4, -0.2) is 62.3 Å². The summed E-state index contributed by atoms with van der Waals surface area (Å²) in [6, 6.07) is 0.0976. The Bertz CT molecular complexity index is 213. The highest BCUT2D eigenvalue weighted by molar-refractivity contribution is 5.73. The first-order chi connectivity index (χ1) is 7.65. The summed E-state index contributed by atoms with van der Waals surface area (Å²) < 4.78 is 5.68. The van der Waals surface area contributed by atoms with Gasteiger partial charge in [-0.25, -0.2) is 4.79 Å². The molecule has 5 nitrogen and oxygen atoms in total. The number of nitrogens with zero attached hydrogens (tertiary/aromatic N) is 2. The summed E-state index contributed by atoms with van der Waals surface area (Å²) in [7, 11) is 3.57. The number of nitrogens with two attached hydrogens (primary N) is 1. The van der Waals surface area contributed by atoms with E-state index in [1.165, 1.54) is 0 Å². The normalized spacial score (nSPS) is 17.6. The van der Waals surface area contributed by atoms with Crippen molar-refractivity contribution in [3.05, 3.63) is 0 Å². The van der Waals surface area contributed by atoms with Gasteiger partial charge in [0.2, 0.25) is 0 Å². The molecule has 16 heavy (non-hydrogen) atoms. The highest BCUT2D eigenvalue weighted by atomic mass is 16.5. The van der Waals surface area contributed by atoms with E-state index in [4.69, 9.17) is 10.5 Å². The van der Waals surface area contributed by atoms with Crippen LogP contribution < -0.4 is 5.73 Å². The standard InChI is InChI=1S/C11H23N3O2/c1-13(2)11(15)14-7-4-10(5-8-14)16-9-3-6-12/h10H,3-9,12H2,1-2H3. The van der Waals surface area contributed by atoms with Gasteiger partial charge in [0.25, 0.3) is 0 Å². The van der Waals surface area contributed by atoms with Crippen LogP contribution in [0, 0.1) is 0 Å². The number of piperidine rings is 1. The van der Waals surface area contributed by atoms with Crippen molar-refractivity contribution in [2.24, 2.45) is 5.73 Å². The highest BCUT2D eigenvalue weighted by Crippen LogP contribution is 2.14. The zero-order valence-corrected chi connectivity index (χ0v) is 10.3. The van der Waals surface area contributed by atoms with E-state index in [2.05, 4.69) is 0 Å². The Kier molecular flexibility index (Phi) is 5.55. The minimum Gasteiger partial charge on any atom is -0.378 e. The number of urea groups is 1. The van der Waals surface area contributed by atoms with Gasteiger partial charge in [0, 0.05) is 33.8 Å². The molecule has 2 amide bonds. The molecule has 5 heteroatoms. The van der Waals surface area contributed by atoms with Crippen LogP contribution in [0.5, 0.6) is 0 Å². The third kappa shape index (κ3) is 3.98. The molecule has 0 radical (unpaired) electrons. The van der Waals surface area contributed by atoms with Gasteiger partial charge in [-0.1, -0.05) is 0 Å². The van der Waals surface area contributed by atoms with Crippen molar-refractivity contribution in [1.29, 1.82) is 0 Å². The fourth-order valence-corrected chi connectivity index (χ4v) is 1.83. The number of likely N-dealkylation sites (tertiary alicyclic amines) is 1. The molecule has 1 aliphatic rings. The van der Waals surface area contributed by atoms with Crippen LogP contribution in [0.4, 0.5) is 4.79 Å². The molecule has 0 aromatic heterocycles. The third-order valence-electron chi connectivity index (χ3n) is 2.80. The van der Waals surface area contributed by atoms with Crippen molar-refractivity contribution in [3.63, 3.8) is 0 Å². The third-order valence-corrected chi connectivity index (χ3v) is 2.80. The number of amides is 2. The van der Waals surface area contributed by atoms with E-state index in [1.807, 2.05) is 4.90 Å². The largest absolute Gasteiger partial charge is 0.378 e. The number of ether oxygens (including phenoxy) is 1. The van der Waals surface area contributed by atoms with Gasteiger partial charge in [-0.3, -0.25) is 0 Å². The van der Waals surface area contributed by atoms with Gasteiger partial charge in [-0.2, -0.15) is 0 Å². The van der Waals surface area contributed by atoms with Crippen molar-refractivity contribution in [3.8, 4) is 0 Å². The summed E-state index contributed by atoms with van der Waals surface area (Å²) in [6.45, 7) is 3.01. The number of carbonyl (C=O) groups is 1. The van der Waals surface area contributed by atoms with E-state index in [9.17, 15) is 4.79 Å². The molecule has 0 atom stereocenters. The van der Waals surface area contributed by atoms with Crippen LogP contribution >= 0.6 is 0 Å². The maximum atomic E-state index is 11.7. The van der Waals surface area contributed by atoms with E-state index in [0.717, 1.165) is 39.0 Å². The first kappa shape index (κ1) is 13.3. The topological polar surface area (TPSA) is 58.8 Å². The van der Waals surface area contributed by atoms with Crippen LogP contribution in [-0.2, 0) is 4.74 Å².